The first-order chi connectivity index (χ1) is 15.1. The van der Waals surface area contributed by atoms with E-state index in [1.165, 1.54) is 6.08 Å². The van der Waals surface area contributed by atoms with Crippen LogP contribution in [0.3, 0.4) is 0 Å². The summed E-state index contributed by atoms with van der Waals surface area (Å²) in [6.45, 7) is 0. The number of benzene rings is 3. The van der Waals surface area contributed by atoms with Crippen LogP contribution in [0.25, 0.3) is 39.1 Å². The molecule has 0 amide bonds. The van der Waals surface area contributed by atoms with Crippen molar-refractivity contribution in [3.63, 3.8) is 0 Å². The van der Waals surface area contributed by atoms with Gasteiger partial charge < -0.3 is 15.7 Å². The monoisotopic (exact) mass is 406 g/mol. The Kier molecular flexibility index (Phi) is 4.45. The van der Waals surface area contributed by atoms with E-state index in [2.05, 4.69) is 15.0 Å². The Morgan fingerprint density at radius 3 is 2.48 bits per heavy atom. The summed E-state index contributed by atoms with van der Waals surface area (Å²) in [6.07, 6.45) is 2.95. The van der Waals surface area contributed by atoms with Crippen LogP contribution in [0.15, 0.2) is 83.7 Å². The molecular weight excluding hydrogens is 388 g/mol. The number of carbonyl (C=O) groups excluding carboxylic acids is 1. The van der Waals surface area contributed by atoms with Crippen LogP contribution in [0.2, 0.25) is 0 Å². The molecule has 3 aromatic carbocycles. The van der Waals surface area contributed by atoms with Crippen molar-refractivity contribution in [3.05, 3.63) is 101 Å². The molecule has 6 heteroatoms. The minimum absolute atomic E-state index is 0.0664. The second-order valence-electron chi connectivity index (χ2n) is 7.21. The van der Waals surface area contributed by atoms with Crippen LogP contribution >= 0.6 is 0 Å². The van der Waals surface area contributed by atoms with E-state index in [-0.39, 0.29) is 5.56 Å². The lowest BCUT2D eigenvalue weighted by Crippen LogP contribution is -2.18. The van der Waals surface area contributed by atoms with Crippen LogP contribution in [0.5, 0.6) is 0 Å². The molecule has 0 fully saturated rings. The van der Waals surface area contributed by atoms with E-state index in [0.29, 0.717) is 28.0 Å². The summed E-state index contributed by atoms with van der Waals surface area (Å²) < 4.78 is 0. The van der Waals surface area contributed by atoms with Crippen LogP contribution in [0.4, 0.5) is 5.69 Å². The quantitative estimate of drug-likeness (QED) is 0.231. The van der Waals surface area contributed by atoms with E-state index >= 15 is 0 Å². The van der Waals surface area contributed by atoms with Gasteiger partial charge in [-0.25, -0.2) is 4.98 Å². The molecule has 0 aliphatic heterocycles. The number of imidazole rings is 1. The Labute approximate surface area is 177 Å². The molecule has 5 aromatic rings. The molecule has 2 aromatic heterocycles. The molecule has 0 saturated carbocycles. The molecule has 4 N–H and O–H groups in total. The maximum Gasteiger partial charge on any atom is 0.260 e. The summed E-state index contributed by atoms with van der Waals surface area (Å²) in [5, 5.41) is 0.714. The van der Waals surface area contributed by atoms with Crippen molar-refractivity contribution in [2.75, 3.05) is 5.73 Å². The molecule has 0 radical (unpaired) electrons. The molecule has 0 aliphatic carbocycles. The standard InChI is InChI=1S/C25H18N4O2/c26-16-10-11-18-17(14-16)23(15-6-2-1-3-7-15)24(25(31)29-18)21(30)12-13-22-27-19-8-4-5-9-20(19)28-22/h1-14H,26H2,(H,27,28)(H,29,31)/b13-12+. The molecule has 0 spiro atoms. The van der Waals surface area contributed by atoms with Crippen LogP contribution in [0, 0.1) is 0 Å². The summed E-state index contributed by atoms with van der Waals surface area (Å²) in [7, 11) is 0. The summed E-state index contributed by atoms with van der Waals surface area (Å²) in [6, 6.07) is 22.2. The smallest absolute Gasteiger partial charge is 0.260 e. The number of nitrogens with zero attached hydrogens (tertiary/aromatic N) is 1. The fourth-order valence-corrected chi connectivity index (χ4v) is 3.74. The zero-order valence-corrected chi connectivity index (χ0v) is 16.4. The summed E-state index contributed by atoms with van der Waals surface area (Å²) in [5.41, 5.74) is 9.80. The molecule has 0 unspecified atom stereocenters. The third kappa shape index (κ3) is 3.40. The highest BCUT2D eigenvalue weighted by Gasteiger charge is 2.19. The number of rotatable bonds is 4. The molecule has 2 heterocycles. The van der Waals surface area contributed by atoms with Crippen molar-refractivity contribution < 1.29 is 4.79 Å². The van der Waals surface area contributed by atoms with Crippen molar-refractivity contribution in [2.24, 2.45) is 0 Å². The Hall–Kier alpha value is -4.45. The van der Waals surface area contributed by atoms with Crippen molar-refractivity contribution in [1.29, 1.82) is 0 Å². The summed E-state index contributed by atoms with van der Waals surface area (Å²) in [5.74, 6) is 0.127. The number of fused-ring (bicyclic) bond motifs is 2. The number of pyridine rings is 1. The van der Waals surface area contributed by atoms with E-state index in [9.17, 15) is 9.59 Å². The molecule has 0 bridgehead atoms. The van der Waals surface area contributed by atoms with Gasteiger partial charge in [0.25, 0.3) is 5.56 Å². The lowest BCUT2D eigenvalue weighted by atomic mass is 9.93. The second-order valence-corrected chi connectivity index (χ2v) is 7.21. The zero-order valence-electron chi connectivity index (χ0n) is 16.4. The van der Waals surface area contributed by atoms with Gasteiger partial charge in [-0.15, -0.1) is 0 Å². The SMILES string of the molecule is Nc1ccc2[nH]c(=O)c(C(=O)/C=C/c3nc4ccccc4[nH]3)c(-c3ccccc3)c2c1. The van der Waals surface area contributed by atoms with Crippen molar-refractivity contribution in [1.82, 2.24) is 15.0 Å². The van der Waals surface area contributed by atoms with Gasteiger partial charge in [-0.2, -0.15) is 0 Å². The number of anilines is 1. The summed E-state index contributed by atoms with van der Waals surface area (Å²) >= 11 is 0. The number of ketones is 1. The normalized spacial score (nSPS) is 11.5. The van der Waals surface area contributed by atoms with E-state index < -0.39 is 11.3 Å². The fourth-order valence-electron chi connectivity index (χ4n) is 3.74. The molecule has 0 atom stereocenters. The average molecular weight is 406 g/mol. The number of H-pyrrole nitrogens is 2. The number of aromatic nitrogens is 3. The minimum Gasteiger partial charge on any atom is -0.399 e. The molecular formula is C25H18N4O2. The minimum atomic E-state index is -0.449. The van der Waals surface area contributed by atoms with Gasteiger partial charge in [-0.1, -0.05) is 42.5 Å². The topological polar surface area (TPSA) is 105 Å². The third-order valence-corrected chi connectivity index (χ3v) is 5.15. The predicted octanol–water partition coefficient (Wildman–Crippen LogP) is 4.55. The van der Waals surface area contributed by atoms with Gasteiger partial charge >= 0.3 is 0 Å². The number of carbonyl (C=O) groups is 1. The molecule has 150 valence electrons. The Morgan fingerprint density at radius 1 is 0.903 bits per heavy atom. The van der Waals surface area contributed by atoms with Gasteiger partial charge in [0.2, 0.25) is 0 Å². The average Bonchev–Trinajstić information content (AvgIpc) is 3.20. The number of hydrogen-bond acceptors (Lipinski definition) is 4. The fraction of sp³-hybridized carbons (Fsp3) is 0. The highest BCUT2D eigenvalue weighted by molar-refractivity contribution is 6.15. The van der Waals surface area contributed by atoms with Gasteiger partial charge in [0.05, 0.1) is 16.6 Å². The lowest BCUT2D eigenvalue weighted by Gasteiger charge is -2.12. The van der Waals surface area contributed by atoms with E-state index in [1.807, 2.05) is 54.6 Å². The van der Waals surface area contributed by atoms with Crippen LogP contribution in [-0.2, 0) is 0 Å². The van der Waals surface area contributed by atoms with Crippen LogP contribution < -0.4 is 11.3 Å². The third-order valence-electron chi connectivity index (χ3n) is 5.15. The molecule has 0 saturated heterocycles. The van der Waals surface area contributed by atoms with E-state index in [0.717, 1.165) is 16.6 Å². The number of allylic oxidation sites excluding steroid dienone is 1. The zero-order chi connectivity index (χ0) is 21.4. The predicted molar refractivity (Wildman–Crippen MR) is 124 cm³/mol. The van der Waals surface area contributed by atoms with Crippen molar-refractivity contribution in [3.8, 4) is 11.1 Å². The molecule has 0 aliphatic rings. The van der Waals surface area contributed by atoms with Crippen molar-refractivity contribution in [2.45, 2.75) is 0 Å². The Morgan fingerprint density at radius 2 is 1.68 bits per heavy atom. The van der Waals surface area contributed by atoms with E-state index in [4.69, 9.17) is 5.73 Å². The van der Waals surface area contributed by atoms with Gasteiger partial charge in [-0.3, -0.25) is 9.59 Å². The van der Waals surface area contributed by atoms with Gasteiger partial charge in [-0.05, 0) is 48.0 Å². The number of nitrogen functional groups attached to an aromatic ring is 1. The van der Waals surface area contributed by atoms with E-state index in [1.54, 1.807) is 24.3 Å². The number of hydrogen-bond donors (Lipinski definition) is 3. The van der Waals surface area contributed by atoms with Gasteiger partial charge in [0.1, 0.15) is 5.82 Å². The maximum atomic E-state index is 13.2. The van der Waals surface area contributed by atoms with Crippen molar-refractivity contribution >= 4 is 39.5 Å². The first kappa shape index (κ1) is 18.6. The Bertz CT molecular complexity index is 1500. The number of para-hydroxylation sites is 2. The number of aromatic amines is 2. The highest BCUT2D eigenvalue weighted by Crippen LogP contribution is 2.31. The largest absolute Gasteiger partial charge is 0.399 e. The number of nitrogens with two attached hydrogens (primary N) is 1. The van der Waals surface area contributed by atoms with Crippen LogP contribution in [-0.4, -0.2) is 20.7 Å². The lowest BCUT2D eigenvalue weighted by molar-refractivity contribution is 0.104. The molecule has 5 rings (SSSR count). The Balaban J connectivity index is 1.67. The molecule has 31 heavy (non-hydrogen) atoms. The second kappa shape index (κ2) is 7.42. The van der Waals surface area contributed by atoms with Gasteiger partial charge in [0.15, 0.2) is 5.78 Å². The highest BCUT2D eigenvalue weighted by atomic mass is 16.1. The number of nitrogens with one attached hydrogen (secondary N) is 2. The first-order valence-electron chi connectivity index (χ1n) is 9.78. The first-order valence-corrected chi connectivity index (χ1v) is 9.78. The molecule has 6 nitrogen and oxygen atoms in total. The summed E-state index contributed by atoms with van der Waals surface area (Å²) in [4.78, 5) is 36.5. The van der Waals surface area contributed by atoms with Gasteiger partial charge in [0, 0.05) is 22.2 Å². The van der Waals surface area contributed by atoms with Crippen LogP contribution in [0.1, 0.15) is 16.2 Å². The maximum absolute atomic E-state index is 13.2.